The van der Waals surface area contributed by atoms with Gasteiger partial charge in [-0.2, -0.15) is 5.10 Å². The molecule has 3 rings (SSSR count). The summed E-state index contributed by atoms with van der Waals surface area (Å²) in [5, 5.41) is 8.08. The number of nitrogens with one attached hydrogen (secondary N) is 1. The van der Waals surface area contributed by atoms with Gasteiger partial charge in [-0.05, 0) is 11.6 Å². The summed E-state index contributed by atoms with van der Waals surface area (Å²) in [5.74, 6) is 0.849. The average molecular weight is 349 g/mol. The number of aromatic nitrogens is 3. The van der Waals surface area contributed by atoms with Crippen LogP contribution < -0.4 is 5.32 Å². The lowest BCUT2D eigenvalue weighted by Crippen LogP contribution is -2.47. The molecule has 0 aromatic carbocycles. The van der Waals surface area contributed by atoms with E-state index in [4.69, 9.17) is 16.3 Å². The Labute approximate surface area is 146 Å². The Morgan fingerprint density at radius 2 is 2.33 bits per heavy atom. The van der Waals surface area contributed by atoms with Crippen LogP contribution >= 0.6 is 11.6 Å². The van der Waals surface area contributed by atoms with Crippen molar-refractivity contribution in [2.45, 2.75) is 12.6 Å². The lowest BCUT2D eigenvalue weighted by atomic mass is 10.1. The molecule has 1 aliphatic heterocycles. The van der Waals surface area contributed by atoms with Crippen LogP contribution in [0.4, 0.5) is 0 Å². The Kier molecular flexibility index (Phi) is 5.32. The van der Waals surface area contributed by atoms with E-state index in [2.05, 4.69) is 25.3 Å². The molecular formula is C16H21ClN6O. The normalized spacial score (nSPS) is 18.7. The van der Waals surface area contributed by atoms with Crippen LogP contribution in [0.1, 0.15) is 17.2 Å². The van der Waals surface area contributed by atoms with Gasteiger partial charge in [0.15, 0.2) is 5.96 Å². The molecular weight excluding hydrogens is 328 g/mol. The van der Waals surface area contributed by atoms with Crippen LogP contribution in [0, 0.1) is 0 Å². The molecule has 3 heterocycles. The number of aryl methyl sites for hydroxylation is 1. The van der Waals surface area contributed by atoms with Crippen LogP contribution in [-0.2, 0) is 18.3 Å². The molecule has 0 radical (unpaired) electrons. The first-order valence-electron chi connectivity index (χ1n) is 7.82. The molecule has 24 heavy (non-hydrogen) atoms. The predicted molar refractivity (Wildman–Crippen MR) is 92.9 cm³/mol. The first-order valence-corrected chi connectivity index (χ1v) is 8.19. The summed E-state index contributed by atoms with van der Waals surface area (Å²) in [6, 6.07) is 3.74. The van der Waals surface area contributed by atoms with Crippen molar-refractivity contribution in [2.24, 2.45) is 12.0 Å². The number of aliphatic imine (C=N–C) groups is 1. The molecule has 2 aromatic heterocycles. The number of hydrogen-bond donors (Lipinski definition) is 1. The van der Waals surface area contributed by atoms with Crippen molar-refractivity contribution >= 4 is 17.6 Å². The van der Waals surface area contributed by atoms with E-state index in [0.29, 0.717) is 18.3 Å². The van der Waals surface area contributed by atoms with Crippen LogP contribution in [0.5, 0.6) is 0 Å². The minimum atomic E-state index is 0.00296. The van der Waals surface area contributed by atoms with Crippen molar-refractivity contribution in [3.05, 3.63) is 47.0 Å². The van der Waals surface area contributed by atoms with E-state index in [9.17, 15) is 0 Å². The van der Waals surface area contributed by atoms with Crippen LogP contribution in [0.3, 0.4) is 0 Å². The van der Waals surface area contributed by atoms with Gasteiger partial charge in [0.25, 0.3) is 0 Å². The SMILES string of the molecule is CN=C(NCc1ccc(Cl)nc1)N1CCOC(c2cnn(C)c2)C1. The van der Waals surface area contributed by atoms with Crippen LogP contribution in [0.15, 0.2) is 35.7 Å². The van der Waals surface area contributed by atoms with Crippen molar-refractivity contribution in [2.75, 3.05) is 26.7 Å². The van der Waals surface area contributed by atoms with Gasteiger partial charge in [-0.25, -0.2) is 4.98 Å². The lowest BCUT2D eigenvalue weighted by molar-refractivity contribution is -0.00805. The summed E-state index contributed by atoms with van der Waals surface area (Å²) >= 11 is 5.82. The van der Waals surface area contributed by atoms with E-state index in [1.165, 1.54) is 0 Å². The number of rotatable bonds is 3. The van der Waals surface area contributed by atoms with E-state index in [0.717, 1.165) is 30.2 Å². The second-order valence-electron chi connectivity index (χ2n) is 5.64. The number of guanidine groups is 1. The third-order valence-corrected chi connectivity index (χ3v) is 4.14. The lowest BCUT2D eigenvalue weighted by Gasteiger charge is -2.34. The molecule has 8 heteroatoms. The monoisotopic (exact) mass is 348 g/mol. The summed E-state index contributed by atoms with van der Waals surface area (Å²) in [7, 11) is 3.70. The molecule has 1 unspecified atom stereocenters. The Morgan fingerprint density at radius 3 is 3.00 bits per heavy atom. The van der Waals surface area contributed by atoms with E-state index < -0.39 is 0 Å². The Hall–Kier alpha value is -2.12. The number of halogens is 1. The molecule has 1 saturated heterocycles. The highest BCUT2D eigenvalue weighted by Gasteiger charge is 2.25. The third kappa shape index (κ3) is 4.04. The van der Waals surface area contributed by atoms with Gasteiger partial charge in [0.1, 0.15) is 11.3 Å². The molecule has 0 bridgehead atoms. The maximum absolute atomic E-state index is 5.88. The number of ether oxygens (including phenoxy) is 1. The Bertz CT molecular complexity index is 699. The highest BCUT2D eigenvalue weighted by atomic mass is 35.5. The standard InChI is InChI=1S/C16H21ClN6O/c1-18-16(20-8-12-3-4-15(17)19-7-12)23-5-6-24-14(11-23)13-9-21-22(2)10-13/h3-4,7,9-10,14H,5-6,8,11H2,1-2H3,(H,18,20). The summed E-state index contributed by atoms with van der Waals surface area (Å²) in [5.41, 5.74) is 2.14. The molecule has 0 saturated carbocycles. The molecule has 1 fully saturated rings. The Morgan fingerprint density at radius 1 is 1.46 bits per heavy atom. The van der Waals surface area contributed by atoms with E-state index >= 15 is 0 Å². The van der Waals surface area contributed by atoms with Gasteiger partial charge >= 0.3 is 0 Å². The van der Waals surface area contributed by atoms with Crippen molar-refractivity contribution in [3.8, 4) is 0 Å². The zero-order valence-corrected chi connectivity index (χ0v) is 14.6. The number of hydrogen-bond acceptors (Lipinski definition) is 4. The first-order chi connectivity index (χ1) is 11.7. The minimum absolute atomic E-state index is 0.00296. The fraction of sp³-hybridized carbons (Fsp3) is 0.438. The predicted octanol–water partition coefficient (Wildman–Crippen LogP) is 1.62. The average Bonchev–Trinajstić information content (AvgIpc) is 3.04. The maximum atomic E-state index is 5.88. The molecule has 2 aromatic rings. The van der Waals surface area contributed by atoms with E-state index in [-0.39, 0.29) is 6.10 Å². The summed E-state index contributed by atoms with van der Waals surface area (Å²) in [6.07, 6.45) is 5.61. The highest BCUT2D eigenvalue weighted by Crippen LogP contribution is 2.21. The number of morpholine rings is 1. The van der Waals surface area contributed by atoms with Crippen molar-refractivity contribution < 1.29 is 4.74 Å². The quantitative estimate of drug-likeness (QED) is 0.518. The number of nitrogens with zero attached hydrogens (tertiary/aromatic N) is 5. The van der Waals surface area contributed by atoms with Crippen LogP contribution in [-0.4, -0.2) is 52.4 Å². The van der Waals surface area contributed by atoms with E-state index in [1.807, 2.05) is 25.5 Å². The van der Waals surface area contributed by atoms with Crippen LogP contribution in [0.2, 0.25) is 5.15 Å². The molecule has 7 nitrogen and oxygen atoms in total. The van der Waals surface area contributed by atoms with Gasteiger partial charge in [-0.15, -0.1) is 0 Å². The molecule has 1 aliphatic rings. The van der Waals surface area contributed by atoms with Gasteiger partial charge in [0.2, 0.25) is 0 Å². The summed E-state index contributed by atoms with van der Waals surface area (Å²) < 4.78 is 7.67. The van der Waals surface area contributed by atoms with Gasteiger partial charge in [0, 0.05) is 45.1 Å². The first kappa shape index (κ1) is 16.7. The molecule has 0 aliphatic carbocycles. The van der Waals surface area contributed by atoms with Crippen molar-refractivity contribution in [1.82, 2.24) is 25.0 Å². The molecule has 0 amide bonds. The molecule has 1 atom stereocenters. The van der Waals surface area contributed by atoms with Gasteiger partial charge in [-0.3, -0.25) is 9.67 Å². The molecule has 1 N–H and O–H groups in total. The van der Waals surface area contributed by atoms with Crippen LogP contribution in [0.25, 0.3) is 0 Å². The second kappa shape index (κ2) is 7.63. The smallest absolute Gasteiger partial charge is 0.194 e. The highest BCUT2D eigenvalue weighted by molar-refractivity contribution is 6.29. The van der Waals surface area contributed by atoms with Gasteiger partial charge in [-0.1, -0.05) is 17.7 Å². The summed E-state index contributed by atoms with van der Waals surface area (Å²) in [4.78, 5) is 10.7. The fourth-order valence-electron chi connectivity index (χ4n) is 2.67. The van der Waals surface area contributed by atoms with Gasteiger partial charge in [0.05, 0.1) is 19.3 Å². The fourth-order valence-corrected chi connectivity index (χ4v) is 2.79. The minimum Gasteiger partial charge on any atom is -0.370 e. The zero-order valence-electron chi connectivity index (χ0n) is 13.8. The third-order valence-electron chi connectivity index (χ3n) is 3.91. The molecule has 128 valence electrons. The zero-order chi connectivity index (χ0) is 16.9. The van der Waals surface area contributed by atoms with Crippen molar-refractivity contribution in [1.29, 1.82) is 0 Å². The second-order valence-corrected chi connectivity index (χ2v) is 6.03. The van der Waals surface area contributed by atoms with E-state index in [1.54, 1.807) is 24.0 Å². The largest absolute Gasteiger partial charge is 0.370 e. The number of pyridine rings is 1. The summed E-state index contributed by atoms with van der Waals surface area (Å²) in [6.45, 7) is 2.84. The Balaban J connectivity index is 1.61. The molecule has 0 spiro atoms. The van der Waals surface area contributed by atoms with Gasteiger partial charge < -0.3 is 15.0 Å². The topological polar surface area (TPSA) is 67.6 Å². The maximum Gasteiger partial charge on any atom is 0.194 e. The van der Waals surface area contributed by atoms with Crippen molar-refractivity contribution in [3.63, 3.8) is 0 Å².